The second-order valence-corrected chi connectivity index (χ2v) is 9.25. The number of likely N-dealkylation sites (tertiary alicyclic amines) is 1. The highest BCUT2D eigenvalue weighted by molar-refractivity contribution is 6.30. The van der Waals surface area contributed by atoms with Gasteiger partial charge in [0.25, 0.3) is 11.8 Å². The van der Waals surface area contributed by atoms with E-state index < -0.39 is 0 Å². The molecule has 156 valence electrons. The summed E-state index contributed by atoms with van der Waals surface area (Å²) < 4.78 is 0. The molecule has 2 aromatic carbocycles. The van der Waals surface area contributed by atoms with Crippen molar-refractivity contribution in [3.05, 3.63) is 64.2 Å². The van der Waals surface area contributed by atoms with Crippen molar-refractivity contribution >= 4 is 29.1 Å². The highest BCUT2D eigenvalue weighted by atomic mass is 35.5. The summed E-state index contributed by atoms with van der Waals surface area (Å²) in [7, 11) is 0. The molecule has 2 fully saturated rings. The number of piperidine rings is 1. The number of hydrogen-bond acceptors (Lipinski definition) is 2. The molecule has 1 aliphatic carbocycles. The number of benzene rings is 2. The maximum absolute atomic E-state index is 13.4. The fourth-order valence-corrected chi connectivity index (χ4v) is 5.66. The first kappa shape index (κ1) is 19.6. The van der Waals surface area contributed by atoms with Crippen LogP contribution in [0.15, 0.2) is 42.5 Å². The van der Waals surface area contributed by atoms with Gasteiger partial charge in [0.15, 0.2) is 0 Å². The molecule has 2 aliphatic heterocycles. The van der Waals surface area contributed by atoms with Crippen LogP contribution in [0.2, 0.25) is 5.02 Å². The Balaban J connectivity index is 1.36. The highest BCUT2D eigenvalue weighted by Crippen LogP contribution is 2.37. The molecule has 0 aromatic heterocycles. The van der Waals surface area contributed by atoms with E-state index in [9.17, 15) is 9.59 Å². The maximum Gasteiger partial charge on any atom is 0.258 e. The van der Waals surface area contributed by atoms with Gasteiger partial charge in [-0.15, -0.1) is 0 Å². The summed E-state index contributed by atoms with van der Waals surface area (Å²) >= 11 is 5.95. The van der Waals surface area contributed by atoms with Crippen LogP contribution in [-0.4, -0.2) is 35.8 Å². The molecule has 2 unspecified atom stereocenters. The van der Waals surface area contributed by atoms with Gasteiger partial charge in [-0.05, 0) is 86.1 Å². The number of carbonyl (C=O) groups is 2. The van der Waals surface area contributed by atoms with Gasteiger partial charge in [-0.25, -0.2) is 0 Å². The lowest BCUT2D eigenvalue weighted by molar-refractivity contribution is 0.0390. The van der Waals surface area contributed by atoms with Crippen molar-refractivity contribution in [2.75, 3.05) is 18.0 Å². The largest absolute Gasteiger partial charge is 0.335 e. The molecule has 30 heavy (non-hydrogen) atoms. The van der Waals surface area contributed by atoms with E-state index in [0.717, 1.165) is 42.6 Å². The van der Waals surface area contributed by atoms with Gasteiger partial charge in [0.2, 0.25) is 0 Å². The van der Waals surface area contributed by atoms with Crippen molar-refractivity contribution in [2.45, 2.75) is 51.0 Å². The van der Waals surface area contributed by atoms with E-state index in [1.165, 1.54) is 25.7 Å². The third-order valence-electron chi connectivity index (χ3n) is 7.06. The predicted molar refractivity (Wildman–Crippen MR) is 119 cm³/mol. The zero-order valence-corrected chi connectivity index (χ0v) is 17.9. The van der Waals surface area contributed by atoms with Gasteiger partial charge in [0.1, 0.15) is 0 Å². The lowest BCUT2D eigenvalue weighted by Crippen LogP contribution is -2.49. The van der Waals surface area contributed by atoms with Gasteiger partial charge >= 0.3 is 0 Å². The van der Waals surface area contributed by atoms with Crippen molar-refractivity contribution in [2.24, 2.45) is 5.92 Å². The molecule has 2 aromatic rings. The third kappa shape index (κ3) is 3.51. The lowest BCUT2D eigenvalue weighted by atomic mass is 9.78. The minimum absolute atomic E-state index is 0.0226. The van der Waals surface area contributed by atoms with Gasteiger partial charge in [-0.3, -0.25) is 9.59 Å². The molecule has 5 heteroatoms. The molecule has 5 rings (SSSR count). The summed E-state index contributed by atoms with van der Waals surface area (Å²) in [5.41, 5.74) is 3.39. The van der Waals surface area contributed by atoms with Gasteiger partial charge in [0.05, 0.1) is 0 Å². The number of halogens is 1. The first-order valence-corrected chi connectivity index (χ1v) is 11.5. The van der Waals surface area contributed by atoms with E-state index >= 15 is 0 Å². The molecule has 0 N–H and O–H groups in total. The smallest absolute Gasteiger partial charge is 0.258 e. The SMILES string of the molecule is O=C(c1ccc(Cl)cc1)N1CCc2cc(C(=O)N3CCCC4CCCCC43)ccc21. The topological polar surface area (TPSA) is 40.6 Å². The molecule has 3 aliphatic rings. The van der Waals surface area contributed by atoms with E-state index in [-0.39, 0.29) is 11.8 Å². The van der Waals surface area contributed by atoms with Crippen LogP contribution in [0.4, 0.5) is 5.69 Å². The van der Waals surface area contributed by atoms with Gasteiger partial charge < -0.3 is 9.80 Å². The molecule has 2 heterocycles. The molecule has 1 saturated heterocycles. The summed E-state index contributed by atoms with van der Waals surface area (Å²) in [4.78, 5) is 30.3. The van der Waals surface area contributed by atoms with Crippen molar-refractivity contribution in [3.8, 4) is 0 Å². The minimum atomic E-state index is -0.0226. The van der Waals surface area contributed by atoms with Crippen LogP contribution in [0.5, 0.6) is 0 Å². The number of hydrogen-bond donors (Lipinski definition) is 0. The number of fused-ring (bicyclic) bond motifs is 2. The Labute approximate surface area is 182 Å². The van der Waals surface area contributed by atoms with Crippen molar-refractivity contribution < 1.29 is 9.59 Å². The monoisotopic (exact) mass is 422 g/mol. The van der Waals surface area contributed by atoms with Gasteiger partial charge in [-0.2, -0.15) is 0 Å². The van der Waals surface area contributed by atoms with E-state index in [0.29, 0.717) is 29.1 Å². The van der Waals surface area contributed by atoms with E-state index in [4.69, 9.17) is 11.6 Å². The third-order valence-corrected chi connectivity index (χ3v) is 7.31. The zero-order chi connectivity index (χ0) is 20.7. The standard InChI is InChI=1S/C25H27ClN2O2/c26-21-10-7-18(8-11-21)24(29)28-15-13-19-16-20(9-12-23(19)28)25(30)27-14-3-5-17-4-1-2-6-22(17)27/h7-12,16-17,22H,1-6,13-15H2. The lowest BCUT2D eigenvalue weighted by Gasteiger charge is -2.44. The summed E-state index contributed by atoms with van der Waals surface area (Å²) in [6.07, 6.45) is 8.10. The van der Waals surface area contributed by atoms with Crippen LogP contribution in [0.25, 0.3) is 0 Å². The van der Waals surface area contributed by atoms with Crippen LogP contribution >= 0.6 is 11.6 Å². The average molecular weight is 423 g/mol. The maximum atomic E-state index is 13.4. The normalized spacial score (nSPS) is 23.1. The number of amides is 2. The Morgan fingerprint density at radius 1 is 0.833 bits per heavy atom. The molecule has 4 nitrogen and oxygen atoms in total. The second-order valence-electron chi connectivity index (χ2n) is 8.81. The molecule has 0 spiro atoms. The van der Waals surface area contributed by atoms with Crippen LogP contribution < -0.4 is 4.90 Å². The summed E-state index contributed by atoms with van der Waals surface area (Å²) in [6.45, 7) is 1.51. The molecular formula is C25H27ClN2O2. The number of anilines is 1. The average Bonchev–Trinajstić information content (AvgIpc) is 3.21. The summed E-state index contributed by atoms with van der Waals surface area (Å²) in [5, 5.41) is 0.620. The van der Waals surface area contributed by atoms with Crippen molar-refractivity contribution in [1.29, 1.82) is 0 Å². The van der Waals surface area contributed by atoms with E-state index in [1.807, 2.05) is 23.1 Å². The minimum Gasteiger partial charge on any atom is -0.335 e. The van der Waals surface area contributed by atoms with Crippen LogP contribution in [0, 0.1) is 5.92 Å². The summed E-state index contributed by atoms with van der Waals surface area (Å²) in [6, 6.07) is 13.3. The fraction of sp³-hybridized carbons (Fsp3) is 0.440. The van der Waals surface area contributed by atoms with Crippen LogP contribution in [0.1, 0.15) is 64.8 Å². The van der Waals surface area contributed by atoms with Crippen LogP contribution in [0.3, 0.4) is 0 Å². The quantitative estimate of drug-likeness (QED) is 0.655. The van der Waals surface area contributed by atoms with Crippen molar-refractivity contribution in [1.82, 2.24) is 4.90 Å². The molecule has 0 radical (unpaired) electrons. The highest BCUT2D eigenvalue weighted by Gasteiger charge is 2.36. The zero-order valence-electron chi connectivity index (χ0n) is 17.1. The Morgan fingerprint density at radius 3 is 2.40 bits per heavy atom. The van der Waals surface area contributed by atoms with Gasteiger partial charge in [-0.1, -0.05) is 24.4 Å². The molecule has 1 saturated carbocycles. The first-order chi connectivity index (χ1) is 14.6. The Bertz CT molecular complexity index is 970. The van der Waals surface area contributed by atoms with E-state index in [2.05, 4.69) is 4.90 Å². The fourth-order valence-electron chi connectivity index (χ4n) is 5.54. The number of nitrogens with zero attached hydrogens (tertiary/aromatic N) is 2. The predicted octanol–water partition coefficient (Wildman–Crippen LogP) is 5.34. The number of rotatable bonds is 2. The first-order valence-electron chi connectivity index (χ1n) is 11.1. The molecule has 0 bridgehead atoms. The summed E-state index contributed by atoms with van der Waals surface area (Å²) in [5.74, 6) is 0.820. The van der Waals surface area contributed by atoms with Crippen LogP contribution in [-0.2, 0) is 6.42 Å². The Kier molecular flexibility index (Phi) is 5.28. The number of carbonyl (C=O) groups excluding carboxylic acids is 2. The van der Waals surface area contributed by atoms with Gasteiger partial charge in [0, 0.05) is 41.0 Å². The molecular weight excluding hydrogens is 396 g/mol. The molecule has 2 atom stereocenters. The van der Waals surface area contributed by atoms with E-state index in [1.54, 1.807) is 24.3 Å². The Morgan fingerprint density at radius 2 is 1.57 bits per heavy atom. The van der Waals surface area contributed by atoms with Crippen molar-refractivity contribution in [3.63, 3.8) is 0 Å². The Hall–Kier alpha value is -2.33. The second kappa shape index (κ2) is 8.07. The molecule has 2 amide bonds.